The van der Waals surface area contributed by atoms with Gasteiger partial charge in [0.15, 0.2) is 5.78 Å². The maximum atomic E-state index is 12.2. The average Bonchev–Trinajstić information content (AvgIpc) is 2.59. The van der Waals surface area contributed by atoms with Gasteiger partial charge in [0.1, 0.15) is 11.1 Å². The monoisotopic (exact) mass is 321 g/mol. The molecule has 0 amide bonds. The van der Waals surface area contributed by atoms with Crippen molar-refractivity contribution in [1.29, 1.82) is 0 Å². The van der Waals surface area contributed by atoms with Gasteiger partial charge in [-0.3, -0.25) is 14.9 Å². The summed E-state index contributed by atoms with van der Waals surface area (Å²) in [5.41, 5.74) is -0.315. The van der Waals surface area contributed by atoms with Gasteiger partial charge in [0.05, 0.1) is 10.5 Å². The second-order valence-electron chi connectivity index (χ2n) is 5.00. The Balaban J connectivity index is 1.97. The molecule has 0 spiro atoms. The van der Waals surface area contributed by atoms with Crippen molar-refractivity contribution in [2.75, 3.05) is 0 Å². The molecule has 118 valence electrons. The topological polar surface area (TPSA) is 90.4 Å². The number of nitro groups is 1. The third kappa shape index (κ3) is 2.98. The highest BCUT2D eigenvalue weighted by atomic mass is 16.6. The van der Waals surface area contributed by atoms with Crippen molar-refractivity contribution >= 4 is 28.5 Å². The second-order valence-corrected chi connectivity index (χ2v) is 5.00. The summed E-state index contributed by atoms with van der Waals surface area (Å²) >= 11 is 0. The van der Waals surface area contributed by atoms with Crippen LogP contribution in [-0.4, -0.2) is 10.7 Å². The highest BCUT2D eigenvalue weighted by molar-refractivity contribution is 6.08. The molecule has 3 aromatic rings. The smallest absolute Gasteiger partial charge is 0.347 e. The minimum Gasteiger partial charge on any atom is -0.422 e. The Morgan fingerprint density at radius 2 is 1.79 bits per heavy atom. The van der Waals surface area contributed by atoms with Crippen LogP contribution in [0.25, 0.3) is 17.0 Å². The Labute approximate surface area is 135 Å². The number of rotatable bonds is 4. The Morgan fingerprint density at radius 3 is 2.58 bits per heavy atom. The molecule has 24 heavy (non-hydrogen) atoms. The van der Waals surface area contributed by atoms with E-state index in [2.05, 4.69) is 0 Å². The summed E-state index contributed by atoms with van der Waals surface area (Å²) in [5.74, 6) is -0.576. The molecule has 1 heterocycles. The van der Waals surface area contributed by atoms with E-state index in [0.29, 0.717) is 11.0 Å². The van der Waals surface area contributed by atoms with Crippen LogP contribution in [0.3, 0.4) is 0 Å². The van der Waals surface area contributed by atoms with E-state index in [9.17, 15) is 19.7 Å². The lowest BCUT2D eigenvalue weighted by Gasteiger charge is -1.99. The van der Waals surface area contributed by atoms with Crippen LogP contribution < -0.4 is 5.63 Å². The summed E-state index contributed by atoms with van der Waals surface area (Å²) in [6.45, 7) is 0. The molecule has 0 aliphatic heterocycles. The number of benzene rings is 2. The first-order valence-corrected chi connectivity index (χ1v) is 7.05. The Hall–Kier alpha value is -3.54. The first kappa shape index (κ1) is 15.4. The van der Waals surface area contributed by atoms with E-state index < -0.39 is 16.3 Å². The van der Waals surface area contributed by atoms with Gasteiger partial charge in [-0.2, -0.15) is 0 Å². The number of para-hydroxylation sites is 2. The first-order valence-electron chi connectivity index (χ1n) is 7.05. The van der Waals surface area contributed by atoms with E-state index >= 15 is 0 Å². The molecule has 0 saturated heterocycles. The predicted octanol–water partition coefficient (Wildman–Crippen LogP) is 3.60. The van der Waals surface area contributed by atoms with E-state index in [1.165, 1.54) is 30.3 Å². The van der Waals surface area contributed by atoms with Crippen LogP contribution in [0.1, 0.15) is 15.9 Å². The molecule has 0 N–H and O–H groups in total. The normalized spacial score (nSPS) is 11.0. The molecular formula is C18H11NO5. The number of allylic oxidation sites excluding steroid dienone is 1. The zero-order chi connectivity index (χ0) is 17.1. The van der Waals surface area contributed by atoms with Crippen LogP contribution in [0.4, 0.5) is 5.69 Å². The van der Waals surface area contributed by atoms with Crippen molar-refractivity contribution in [3.63, 3.8) is 0 Å². The van der Waals surface area contributed by atoms with Gasteiger partial charge in [-0.15, -0.1) is 0 Å². The molecule has 0 fully saturated rings. The van der Waals surface area contributed by atoms with Gasteiger partial charge < -0.3 is 4.42 Å². The third-order valence-electron chi connectivity index (χ3n) is 3.45. The molecule has 3 rings (SSSR count). The van der Waals surface area contributed by atoms with Crippen LogP contribution in [0.15, 0.2) is 69.9 Å². The van der Waals surface area contributed by atoms with E-state index in [1.54, 1.807) is 30.3 Å². The molecule has 1 aromatic heterocycles. The van der Waals surface area contributed by atoms with Gasteiger partial charge in [0.25, 0.3) is 5.69 Å². The van der Waals surface area contributed by atoms with Crippen molar-refractivity contribution in [3.8, 4) is 0 Å². The molecule has 6 nitrogen and oxygen atoms in total. The number of nitro benzene ring substituents is 1. The number of nitrogens with zero attached hydrogens (tertiary/aromatic N) is 1. The van der Waals surface area contributed by atoms with E-state index in [4.69, 9.17) is 4.42 Å². The fraction of sp³-hybridized carbons (Fsp3) is 0. The minimum absolute atomic E-state index is 0.118. The van der Waals surface area contributed by atoms with Crippen LogP contribution in [0.2, 0.25) is 0 Å². The molecule has 0 aliphatic rings. The van der Waals surface area contributed by atoms with Crippen LogP contribution >= 0.6 is 0 Å². The van der Waals surface area contributed by atoms with Gasteiger partial charge in [0, 0.05) is 11.5 Å². The second kappa shape index (κ2) is 6.29. The number of hydrogen-bond donors (Lipinski definition) is 0. The number of carbonyl (C=O) groups excluding carboxylic acids is 1. The highest BCUT2D eigenvalue weighted by Gasteiger charge is 2.13. The Kier molecular flexibility index (Phi) is 4.03. The molecule has 0 radical (unpaired) electrons. The summed E-state index contributed by atoms with van der Waals surface area (Å²) < 4.78 is 5.11. The molecule has 0 aliphatic carbocycles. The number of ketones is 1. The Bertz CT molecular complexity index is 1030. The SMILES string of the molecule is O=C(/C=C/c1ccccc1[N+](=O)[O-])c1cc2ccccc2oc1=O. The Morgan fingerprint density at radius 1 is 1.08 bits per heavy atom. The van der Waals surface area contributed by atoms with Gasteiger partial charge in [-0.1, -0.05) is 30.3 Å². The van der Waals surface area contributed by atoms with Crippen LogP contribution in [-0.2, 0) is 0 Å². The number of carbonyl (C=O) groups is 1. The van der Waals surface area contributed by atoms with Crippen molar-refractivity contribution in [1.82, 2.24) is 0 Å². The zero-order valence-electron chi connectivity index (χ0n) is 12.3. The predicted molar refractivity (Wildman–Crippen MR) is 88.9 cm³/mol. The summed E-state index contributed by atoms with van der Waals surface area (Å²) in [5, 5.41) is 11.6. The molecule has 0 atom stereocenters. The van der Waals surface area contributed by atoms with Gasteiger partial charge in [-0.25, -0.2) is 4.79 Å². The fourth-order valence-electron chi connectivity index (χ4n) is 2.28. The summed E-state index contributed by atoms with van der Waals surface area (Å²) in [6, 6.07) is 14.3. The summed E-state index contributed by atoms with van der Waals surface area (Å²) in [6.07, 6.45) is 2.44. The van der Waals surface area contributed by atoms with Crippen LogP contribution in [0, 0.1) is 10.1 Å². The van der Waals surface area contributed by atoms with Crippen molar-refractivity contribution in [3.05, 3.63) is 92.3 Å². The fourth-order valence-corrected chi connectivity index (χ4v) is 2.28. The summed E-state index contributed by atoms with van der Waals surface area (Å²) in [7, 11) is 0. The first-order chi connectivity index (χ1) is 11.6. The van der Waals surface area contributed by atoms with Crippen molar-refractivity contribution < 1.29 is 14.1 Å². The van der Waals surface area contributed by atoms with Crippen molar-refractivity contribution in [2.45, 2.75) is 0 Å². The van der Waals surface area contributed by atoms with E-state index in [0.717, 1.165) is 6.08 Å². The average molecular weight is 321 g/mol. The molecule has 0 bridgehead atoms. The van der Waals surface area contributed by atoms with Gasteiger partial charge in [-0.05, 0) is 30.4 Å². The molecule has 6 heteroatoms. The largest absolute Gasteiger partial charge is 0.422 e. The third-order valence-corrected chi connectivity index (χ3v) is 3.45. The standard InChI is InChI=1S/C18H11NO5/c20-16(10-9-12-5-1-3-7-15(12)19(22)23)14-11-13-6-2-4-8-17(13)24-18(14)21/h1-11H/b10-9+. The van der Waals surface area contributed by atoms with Crippen LogP contribution in [0.5, 0.6) is 0 Å². The maximum absolute atomic E-state index is 12.2. The van der Waals surface area contributed by atoms with Crippen molar-refractivity contribution in [2.24, 2.45) is 0 Å². The van der Waals surface area contributed by atoms with Gasteiger partial charge in [0.2, 0.25) is 0 Å². The lowest BCUT2D eigenvalue weighted by atomic mass is 10.1. The molecule has 0 saturated carbocycles. The lowest BCUT2D eigenvalue weighted by molar-refractivity contribution is -0.385. The lowest BCUT2D eigenvalue weighted by Crippen LogP contribution is -2.11. The maximum Gasteiger partial charge on any atom is 0.347 e. The minimum atomic E-state index is -0.745. The number of fused-ring (bicyclic) bond motifs is 1. The quantitative estimate of drug-likeness (QED) is 0.241. The highest BCUT2D eigenvalue weighted by Crippen LogP contribution is 2.19. The summed E-state index contributed by atoms with van der Waals surface area (Å²) in [4.78, 5) is 34.6. The molecule has 2 aromatic carbocycles. The zero-order valence-corrected chi connectivity index (χ0v) is 12.3. The van der Waals surface area contributed by atoms with E-state index in [1.807, 2.05) is 0 Å². The molecular weight excluding hydrogens is 310 g/mol. The molecule has 0 unspecified atom stereocenters. The van der Waals surface area contributed by atoms with E-state index in [-0.39, 0.29) is 16.8 Å². The van der Waals surface area contributed by atoms with Gasteiger partial charge >= 0.3 is 5.63 Å². The number of hydrogen-bond acceptors (Lipinski definition) is 5.